The first-order chi connectivity index (χ1) is 15.9. The van der Waals surface area contributed by atoms with Crippen LogP contribution in [0, 0.1) is 0 Å². The first-order valence-electron chi connectivity index (χ1n) is 10.1. The number of primary amides is 1. The van der Waals surface area contributed by atoms with E-state index in [4.69, 9.17) is 29.8 Å². The molecule has 0 bridgehead atoms. The van der Waals surface area contributed by atoms with Crippen LogP contribution in [0.1, 0.15) is 18.5 Å². The van der Waals surface area contributed by atoms with Gasteiger partial charge in [0.15, 0.2) is 17.3 Å². The number of carbonyl (C=O) groups is 1. The van der Waals surface area contributed by atoms with Gasteiger partial charge in [0.25, 0.3) is 0 Å². The maximum atomic E-state index is 12.5. The van der Waals surface area contributed by atoms with E-state index in [1.165, 1.54) is 0 Å². The zero-order valence-corrected chi connectivity index (χ0v) is 19.0. The number of methoxy groups -OCH3 is 4. The van der Waals surface area contributed by atoms with E-state index in [1.54, 1.807) is 64.3 Å². The van der Waals surface area contributed by atoms with Crippen LogP contribution in [-0.2, 0) is 4.79 Å². The fourth-order valence-corrected chi connectivity index (χ4v) is 3.90. The van der Waals surface area contributed by atoms with Crippen molar-refractivity contribution in [2.45, 2.75) is 13.0 Å². The molecule has 1 aliphatic heterocycles. The molecule has 1 aliphatic rings. The average Bonchev–Trinajstić information content (AvgIpc) is 3.25. The fraction of sp³-hybridized carbons (Fsp3) is 0.261. The van der Waals surface area contributed by atoms with Crippen LogP contribution in [0.15, 0.2) is 47.7 Å². The van der Waals surface area contributed by atoms with Gasteiger partial charge in [-0.2, -0.15) is 4.98 Å². The number of benzene rings is 2. The lowest BCUT2D eigenvalue weighted by atomic mass is 9.94. The number of rotatable bonds is 7. The highest BCUT2D eigenvalue weighted by atomic mass is 16.5. The highest BCUT2D eigenvalue weighted by Crippen LogP contribution is 2.41. The second-order valence-corrected chi connectivity index (χ2v) is 7.31. The number of amides is 1. The predicted molar refractivity (Wildman–Crippen MR) is 122 cm³/mol. The van der Waals surface area contributed by atoms with E-state index in [1.807, 2.05) is 12.1 Å². The lowest BCUT2D eigenvalue weighted by molar-refractivity contribution is -0.115. The van der Waals surface area contributed by atoms with Crippen molar-refractivity contribution in [2.75, 3.05) is 33.8 Å². The number of fused-ring (bicyclic) bond motifs is 1. The summed E-state index contributed by atoms with van der Waals surface area (Å²) in [5.41, 5.74) is 8.14. The summed E-state index contributed by atoms with van der Waals surface area (Å²) < 4.78 is 23.3. The molecule has 0 aliphatic carbocycles. The van der Waals surface area contributed by atoms with Crippen LogP contribution in [0.5, 0.6) is 23.0 Å². The third-order valence-electron chi connectivity index (χ3n) is 5.50. The van der Waals surface area contributed by atoms with Gasteiger partial charge in [-0.3, -0.25) is 4.79 Å². The number of hydrogen-bond donors (Lipinski definition) is 2. The standard InChI is InChI=1S/C23H25N5O5/c1-12-19(21(24)29)20(15-8-7-14(30-2)11-17(15)32-4)28-23(25-12)26-22(27-28)13-6-9-16(31-3)18(10-13)33-5/h6-11,20H,1-5H3,(H2,24,29)(H,25,26,27). The molecule has 1 amide bonds. The van der Waals surface area contributed by atoms with E-state index in [2.05, 4.69) is 10.3 Å². The molecular formula is C23H25N5O5. The Morgan fingerprint density at radius 2 is 1.70 bits per heavy atom. The monoisotopic (exact) mass is 451 g/mol. The molecule has 4 rings (SSSR count). The maximum Gasteiger partial charge on any atom is 0.248 e. The van der Waals surface area contributed by atoms with Gasteiger partial charge in [0.1, 0.15) is 17.5 Å². The summed E-state index contributed by atoms with van der Waals surface area (Å²) in [5.74, 6) is 2.63. The van der Waals surface area contributed by atoms with Crippen molar-refractivity contribution in [2.24, 2.45) is 5.73 Å². The van der Waals surface area contributed by atoms with Gasteiger partial charge < -0.3 is 30.0 Å². The van der Waals surface area contributed by atoms with Crippen LogP contribution in [0.3, 0.4) is 0 Å². The Labute approximate surface area is 190 Å². The molecule has 2 aromatic carbocycles. The number of hydrogen-bond acceptors (Lipinski definition) is 8. The van der Waals surface area contributed by atoms with Crippen LogP contribution in [0.25, 0.3) is 11.4 Å². The lowest BCUT2D eigenvalue weighted by Crippen LogP contribution is -2.32. The molecule has 1 atom stereocenters. The van der Waals surface area contributed by atoms with Gasteiger partial charge in [0.05, 0.1) is 34.0 Å². The Morgan fingerprint density at radius 1 is 0.970 bits per heavy atom. The Bertz CT molecular complexity index is 1250. The molecule has 172 valence electrons. The molecule has 33 heavy (non-hydrogen) atoms. The van der Waals surface area contributed by atoms with Gasteiger partial charge in [0.2, 0.25) is 11.9 Å². The molecule has 0 radical (unpaired) electrons. The molecule has 10 heteroatoms. The maximum absolute atomic E-state index is 12.5. The number of nitrogens with two attached hydrogens (primary N) is 1. The Kier molecular flexibility index (Phi) is 5.82. The number of anilines is 1. The SMILES string of the molecule is COc1ccc(C2C(C(N)=O)=C(C)Nc3nc(-c4ccc(OC)c(OC)c4)nn32)c(OC)c1. The highest BCUT2D eigenvalue weighted by Gasteiger charge is 2.35. The van der Waals surface area contributed by atoms with Crippen molar-refractivity contribution in [3.05, 3.63) is 53.2 Å². The molecule has 1 aromatic heterocycles. The van der Waals surface area contributed by atoms with Crippen molar-refractivity contribution in [1.29, 1.82) is 0 Å². The zero-order chi connectivity index (χ0) is 23.7. The molecule has 0 saturated heterocycles. The van der Waals surface area contributed by atoms with Crippen molar-refractivity contribution < 1.29 is 23.7 Å². The third-order valence-corrected chi connectivity index (χ3v) is 5.50. The van der Waals surface area contributed by atoms with Gasteiger partial charge >= 0.3 is 0 Å². The van der Waals surface area contributed by atoms with Crippen molar-refractivity contribution >= 4 is 11.9 Å². The van der Waals surface area contributed by atoms with Crippen LogP contribution >= 0.6 is 0 Å². The molecule has 0 fully saturated rings. The number of nitrogens with one attached hydrogen (secondary N) is 1. The molecular weight excluding hydrogens is 426 g/mol. The first-order valence-corrected chi connectivity index (χ1v) is 10.1. The van der Waals surface area contributed by atoms with Gasteiger partial charge in [-0.15, -0.1) is 5.10 Å². The Hall–Kier alpha value is -4.21. The number of nitrogens with zero attached hydrogens (tertiary/aromatic N) is 3. The fourth-order valence-electron chi connectivity index (χ4n) is 3.90. The van der Waals surface area contributed by atoms with Crippen LogP contribution < -0.4 is 30.0 Å². The first kappa shape index (κ1) is 22.0. The Balaban J connectivity index is 1.88. The number of ether oxygens (including phenoxy) is 4. The smallest absolute Gasteiger partial charge is 0.248 e. The summed E-state index contributed by atoms with van der Waals surface area (Å²) in [6, 6.07) is 10.1. The summed E-state index contributed by atoms with van der Waals surface area (Å²) in [7, 11) is 6.26. The normalized spacial score (nSPS) is 14.9. The van der Waals surface area contributed by atoms with Crippen molar-refractivity contribution in [1.82, 2.24) is 14.8 Å². The van der Waals surface area contributed by atoms with E-state index >= 15 is 0 Å². The van der Waals surface area contributed by atoms with Crippen LogP contribution in [0.2, 0.25) is 0 Å². The van der Waals surface area contributed by atoms with Gasteiger partial charge in [-0.05, 0) is 37.3 Å². The van der Waals surface area contributed by atoms with E-state index in [9.17, 15) is 4.79 Å². The van der Waals surface area contributed by atoms with E-state index < -0.39 is 11.9 Å². The topological polar surface area (TPSA) is 123 Å². The van der Waals surface area contributed by atoms with Crippen LogP contribution in [-0.4, -0.2) is 49.1 Å². The quantitative estimate of drug-likeness (QED) is 0.562. The minimum absolute atomic E-state index is 0.356. The third kappa shape index (κ3) is 3.79. The van der Waals surface area contributed by atoms with Gasteiger partial charge in [-0.1, -0.05) is 0 Å². The molecule has 1 unspecified atom stereocenters. The van der Waals surface area contributed by atoms with E-state index in [0.29, 0.717) is 51.6 Å². The minimum atomic E-state index is -0.652. The zero-order valence-electron chi connectivity index (χ0n) is 19.0. The number of allylic oxidation sites excluding steroid dienone is 1. The largest absolute Gasteiger partial charge is 0.497 e. The molecule has 10 nitrogen and oxygen atoms in total. The summed E-state index contributed by atoms with van der Waals surface area (Å²) in [6.07, 6.45) is 0. The molecule has 2 heterocycles. The second kappa shape index (κ2) is 8.73. The second-order valence-electron chi connectivity index (χ2n) is 7.31. The molecule has 0 saturated carbocycles. The average molecular weight is 451 g/mol. The number of aromatic nitrogens is 3. The lowest BCUT2D eigenvalue weighted by Gasteiger charge is -2.28. The molecule has 0 spiro atoms. The van der Waals surface area contributed by atoms with Gasteiger partial charge in [-0.25, -0.2) is 4.68 Å². The summed E-state index contributed by atoms with van der Waals surface area (Å²) in [4.78, 5) is 17.1. The molecule has 3 N–H and O–H groups in total. The Morgan fingerprint density at radius 3 is 2.33 bits per heavy atom. The van der Waals surface area contributed by atoms with Gasteiger partial charge in [0, 0.05) is 22.9 Å². The summed E-state index contributed by atoms with van der Waals surface area (Å²) in [5, 5.41) is 7.85. The van der Waals surface area contributed by atoms with E-state index in [0.717, 1.165) is 5.56 Å². The predicted octanol–water partition coefficient (Wildman–Crippen LogP) is 2.75. The van der Waals surface area contributed by atoms with Crippen LogP contribution in [0.4, 0.5) is 5.95 Å². The summed E-state index contributed by atoms with van der Waals surface area (Å²) in [6.45, 7) is 1.78. The highest BCUT2D eigenvalue weighted by molar-refractivity contribution is 5.95. The summed E-state index contributed by atoms with van der Waals surface area (Å²) >= 11 is 0. The minimum Gasteiger partial charge on any atom is -0.497 e. The van der Waals surface area contributed by atoms with Crippen molar-refractivity contribution in [3.8, 4) is 34.4 Å². The van der Waals surface area contributed by atoms with Crippen molar-refractivity contribution in [3.63, 3.8) is 0 Å². The van der Waals surface area contributed by atoms with E-state index in [-0.39, 0.29) is 0 Å². The number of carbonyl (C=O) groups excluding carboxylic acids is 1. The molecule has 3 aromatic rings.